The summed E-state index contributed by atoms with van der Waals surface area (Å²) in [7, 11) is 0. The van der Waals surface area contributed by atoms with Gasteiger partial charge in [-0.2, -0.15) is 9.97 Å². The molecule has 3 heterocycles. The number of aryl methyl sites for hydroxylation is 1. The lowest BCUT2D eigenvalue weighted by atomic mass is 9.91. The van der Waals surface area contributed by atoms with Crippen molar-refractivity contribution in [2.24, 2.45) is 0 Å². The Bertz CT molecular complexity index is 1670. The van der Waals surface area contributed by atoms with Crippen LogP contribution in [0.2, 0.25) is 0 Å². The maximum atomic E-state index is 16.7. The SMILES string of the molecule is CCc1c(F)ccc2cc(O)cc(-c3c(F)cc4c(N5C[C@H]6CC[C@@H](C5)N6)nc(OCC(O)(CC)CC)nc4c3F)c12. The van der Waals surface area contributed by atoms with Gasteiger partial charge in [0.25, 0.3) is 0 Å². The van der Waals surface area contributed by atoms with Gasteiger partial charge in [0.05, 0.1) is 11.2 Å². The van der Waals surface area contributed by atoms with E-state index in [9.17, 15) is 14.6 Å². The van der Waals surface area contributed by atoms with E-state index in [1.807, 2.05) is 18.7 Å². The third-order valence-electron chi connectivity index (χ3n) is 8.92. The maximum absolute atomic E-state index is 16.7. The molecular weight excluding hydrogens is 545 g/mol. The molecule has 2 bridgehead atoms. The number of hydrogen-bond acceptors (Lipinski definition) is 7. The number of benzene rings is 3. The largest absolute Gasteiger partial charge is 0.508 e. The molecule has 0 unspecified atom stereocenters. The van der Waals surface area contributed by atoms with Crippen molar-refractivity contribution < 1.29 is 28.1 Å². The van der Waals surface area contributed by atoms with Gasteiger partial charge in [-0.05, 0) is 78.3 Å². The number of aromatic hydroxyl groups is 1. The van der Waals surface area contributed by atoms with Crippen LogP contribution in [0.1, 0.15) is 52.0 Å². The molecule has 2 fully saturated rings. The Kier molecular flexibility index (Phi) is 7.39. The number of ether oxygens (including phenoxy) is 1. The summed E-state index contributed by atoms with van der Waals surface area (Å²) in [6, 6.07) is 7.03. The van der Waals surface area contributed by atoms with Crippen molar-refractivity contribution in [1.29, 1.82) is 0 Å². The summed E-state index contributed by atoms with van der Waals surface area (Å²) < 4.78 is 53.5. The molecule has 2 atom stereocenters. The number of anilines is 1. The molecular formula is C32H35F3N4O3. The zero-order valence-electron chi connectivity index (χ0n) is 24.0. The fraction of sp³-hybridized carbons (Fsp3) is 0.438. The molecule has 0 amide bonds. The number of nitrogens with zero attached hydrogens (tertiary/aromatic N) is 3. The van der Waals surface area contributed by atoms with Crippen LogP contribution in [0.25, 0.3) is 32.8 Å². The molecule has 1 aromatic heterocycles. The van der Waals surface area contributed by atoms with E-state index in [2.05, 4.69) is 15.3 Å². The van der Waals surface area contributed by atoms with E-state index < -0.39 is 28.6 Å². The average molecular weight is 581 g/mol. The highest BCUT2D eigenvalue weighted by Crippen LogP contribution is 2.42. The first-order chi connectivity index (χ1) is 20.1. The van der Waals surface area contributed by atoms with Crippen molar-refractivity contribution in [3.8, 4) is 22.9 Å². The molecule has 42 heavy (non-hydrogen) atoms. The standard InChI is InChI=1S/C32H35F3N4O3/c1-4-21-24(33)10-7-17-11-20(40)12-22(26(17)21)27-25(34)13-23-29(28(27)35)37-31(42-16-32(41,5-2)6-3)38-30(23)39-14-18-8-9-19(15-39)36-18/h7,10-13,18-19,36,40-41H,4-6,8-9,14-16H2,1-3H3/t18-,19+. The zero-order chi connectivity index (χ0) is 29.8. The number of fused-ring (bicyclic) bond motifs is 4. The number of aromatic nitrogens is 2. The van der Waals surface area contributed by atoms with E-state index in [0.29, 0.717) is 48.1 Å². The summed E-state index contributed by atoms with van der Waals surface area (Å²) in [5, 5.41) is 25.8. The first kappa shape index (κ1) is 28.5. The first-order valence-corrected chi connectivity index (χ1v) is 14.6. The van der Waals surface area contributed by atoms with Crippen LogP contribution in [0.4, 0.5) is 19.0 Å². The van der Waals surface area contributed by atoms with Crippen LogP contribution in [0, 0.1) is 17.5 Å². The van der Waals surface area contributed by atoms with Crippen LogP contribution >= 0.6 is 0 Å². The fourth-order valence-corrected chi connectivity index (χ4v) is 6.38. The van der Waals surface area contributed by atoms with Gasteiger partial charge in [-0.3, -0.25) is 0 Å². The lowest BCUT2D eigenvalue weighted by Crippen LogP contribution is -2.51. The van der Waals surface area contributed by atoms with E-state index >= 15 is 8.78 Å². The third-order valence-corrected chi connectivity index (χ3v) is 8.92. The van der Waals surface area contributed by atoms with Crippen molar-refractivity contribution >= 4 is 27.5 Å². The molecule has 0 aliphatic carbocycles. The summed E-state index contributed by atoms with van der Waals surface area (Å²) in [6.45, 7) is 6.58. The molecule has 0 spiro atoms. The van der Waals surface area contributed by atoms with Crippen LogP contribution in [0.5, 0.6) is 11.8 Å². The molecule has 2 aliphatic heterocycles. The van der Waals surface area contributed by atoms with Gasteiger partial charge in [0.2, 0.25) is 0 Å². The van der Waals surface area contributed by atoms with E-state index in [1.165, 1.54) is 30.3 Å². The van der Waals surface area contributed by atoms with Gasteiger partial charge in [0, 0.05) is 30.6 Å². The Morgan fingerprint density at radius 2 is 1.71 bits per heavy atom. The number of aliphatic hydroxyl groups is 1. The normalized spacial score (nSPS) is 18.8. The van der Waals surface area contributed by atoms with Gasteiger partial charge >= 0.3 is 6.01 Å². The van der Waals surface area contributed by atoms with Gasteiger partial charge in [-0.1, -0.05) is 26.8 Å². The van der Waals surface area contributed by atoms with Gasteiger partial charge in [-0.15, -0.1) is 0 Å². The van der Waals surface area contributed by atoms with E-state index in [4.69, 9.17) is 4.74 Å². The summed E-state index contributed by atoms with van der Waals surface area (Å²) >= 11 is 0. The van der Waals surface area contributed by atoms with Crippen molar-refractivity contribution in [1.82, 2.24) is 15.3 Å². The number of phenolic OH excluding ortho intramolecular Hbond substituents is 1. The molecule has 3 N–H and O–H groups in total. The molecule has 2 saturated heterocycles. The number of rotatable bonds is 8. The van der Waals surface area contributed by atoms with Crippen LogP contribution < -0.4 is 15.0 Å². The highest BCUT2D eigenvalue weighted by molar-refractivity contribution is 6.03. The van der Waals surface area contributed by atoms with Gasteiger partial charge in [0.15, 0.2) is 5.82 Å². The summed E-state index contributed by atoms with van der Waals surface area (Å²) in [5.74, 6) is -2.17. The van der Waals surface area contributed by atoms with Crippen molar-refractivity contribution in [2.45, 2.75) is 70.6 Å². The predicted molar refractivity (Wildman–Crippen MR) is 157 cm³/mol. The Balaban J connectivity index is 1.58. The van der Waals surface area contributed by atoms with Crippen LogP contribution in [0.3, 0.4) is 0 Å². The number of nitrogens with one attached hydrogen (secondary N) is 1. The zero-order valence-corrected chi connectivity index (χ0v) is 24.0. The lowest BCUT2D eigenvalue weighted by molar-refractivity contribution is -0.0139. The molecule has 10 heteroatoms. The maximum Gasteiger partial charge on any atom is 0.319 e. The second-order valence-corrected chi connectivity index (χ2v) is 11.5. The Morgan fingerprint density at radius 3 is 2.38 bits per heavy atom. The number of halogens is 3. The Morgan fingerprint density at radius 1 is 1.00 bits per heavy atom. The molecule has 0 radical (unpaired) electrons. The monoisotopic (exact) mass is 580 g/mol. The predicted octanol–water partition coefficient (Wildman–Crippen LogP) is 6.01. The van der Waals surface area contributed by atoms with E-state index in [-0.39, 0.29) is 53.3 Å². The number of piperazine rings is 1. The minimum Gasteiger partial charge on any atom is -0.508 e. The molecule has 7 nitrogen and oxygen atoms in total. The highest BCUT2D eigenvalue weighted by atomic mass is 19.1. The minimum absolute atomic E-state index is 0.0347. The Hall–Kier alpha value is -3.63. The van der Waals surface area contributed by atoms with Gasteiger partial charge < -0.3 is 25.2 Å². The van der Waals surface area contributed by atoms with Crippen molar-refractivity contribution in [3.63, 3.8) is 0 Å². The van der Waals surface area contributed by atoms with E-state index in [1.54, 1.807) is 6.92 Å². The number of phenols is 1. The summed E-state index contributed by atoms with van der Waals surface area (Å²) in [5.41, 5.74) is -1.35. The second kappa shape index (κ2) is 10.9. The smallest absolute Gasteiger partial charge is 0.319 e. The molecule has 4 aromatic rings. The first-order valence-electron chi connectivity index (χ1n) is 14.6. The third kappa shape index (κ3) is 4.90. The van der Waals surface area contributed by atoms with Crippen LogP contribution in [-0.4, -0.2) is 57.6 Å². The quantitative estimate of drug-likeness (QED) is 0.235. The molecule has 6 rings (SSSR count). The molecule has 0 saturated carbocycles. The average Bonchev–Trinajstić information content (AvgIpc) is 3.32. The van der Waals surface area contributed by atoms with Crippen LogP contribution in [0.15, 0.2) is 30.3 Å². The van der Waals surface area contributed by atoms with Gasteiger partial charge in [0.1, 0.15) is 35.3 Å². The Labute approximate surface area is 242 Å². The van der Waals surface area contributed by atoms with Crippen molar-refractivity contribution in [2.75, 3.05) is 24.6 Å². The molecule has 2 aliphatic rings. The second-order valence-electron chi connectivity index (χ2n) is 11.5. The minimum atomic E-state index is -1.11. The van der Waals surface area contributed by atoms with Gasteiger partial charge in [-0.25, -0.2) is 13.2 Å². The topological polar surface area (TPSA) is 90.7 Å². The fourth-order valence-electron chi connectivity index (χ4n) is 6.38. The lowest BCUT2D eigenvalue weighted by Gasteiger charge is -2.34. The summed E-state index contributed by atoms with van der Waals surface area (Å²) in [6.07, 6.45) is 3.17. The van der Waals surface area contributed by atoms with E-state index in [0.717, 1.165) is 12.8 Å². The number of hydrogen-bond donors (Lipinski definition) is 3. The molecule has 222 valence electrons. The highest BCUT2D eigenvalue weighted by Gasteiger charge is 2.35. The molecule has 3 aromatic carbocycles. The van der Waals surface area contributed by atoms with Crippen molar-refractivity contribution in [3.05, 3.63) is 53.3 Å². The summed E-state index contributed by atoms with van der Waals surface area (Å²) in [4.78, 5) is 11.0. The van der Waals surface area contributed by atoms with Crippen LogP contribution in [-0.2, 0) is 6.42 Å².